The number of piperidine rings is 1. The van der Waals surface area contributed by atoms with Gasteiger partial charge in [-0.25, -0.2) is 4.68 Å². The fraction of sp³-hybridized carbons (Fsp3) is 0.733. The number of aryl methyl sites for hydroxylation is 2. The van der Waals surface area contributed by atoms with Gasteiger partial charge in [0.05, 0.1) is 18.7 Å². The summed E-state index contributed by atoms with van der Waals surface area (Å²) in [5.74, 6) is 0.694. The third kappa shape index (κ3) is 3.37. The fourth-order valence-electron chi connectivity index (χ4n) is 3.06. The van der Waals surface area contributed by atoms with Crippen LogP contribution in [0.4, 0.5) is 0 Å². The highest BCUT2D eigenvalue weighted by molar-refractivity contribution is 5.79. The maximum atomic E-state index is 12.6. The smallest absolute Gasteiger partial charge is 0.227 e. The molecule has 1 amide bonds. The standard InChI is InChI=1S/C15H26N4O2/c1-11-13(15(21-3)18(2)17-11)9-12(10-16)14(20)19-7-5-4-6-8-19/h12H,4-10,16H2,1-3H3. The Kier molecular flexibility index (Phi) is 5.22. The van der Waals surface area contributed by atoms with Crippen molar-refractivity contribution in [3.05, 3.63) is 11.3 Å². The molecule has 1 aliphatic rings. The summed E-state index contributed by atoms with van der Waals surface area (Å²) in [7, 11) is 3.48. The Balaban J connectivity index is 2.13. The average Bonchev–Trinajstić information content (AvgIpc) is 2.78. The summed E-state index contributed by atoms with van der Waals surface area (Å²) >= 11 is 0. The van der Waals surface area contributed by atoms with E-state index in [0.717, 1.165) is 43.1 Å². The van der Waals surface area contributed by atoms with Crippen molar-refractivity contribution in [2.75, 3.05) is 26.7 Å². The van der Waals surface area contributed by atoms with E-state index in [4.69, 9.17) is 10.5 Å². The Morgan fingerprint density at radius 2 is 2.05 bits per heavy atom. The molecule has 0 aromatic carbocycles. The summed E-state index contributed by atoms with van der Waals surface area (Å²) in [6.07, 6.45) is 4.00. The lowest BCUT2D eigenvalue weighted by Gasteiger charge is -2.30. The van der Waals surface area contributed by atoms with Crippen LogP contribution in [0.1, 0.15) is 30.5 Å². The summed E-state index contributed by atoms with van der Waals surface area (Å²) in [6, 6.07) is 0. The summed E-state index contributed by atoms with van der Waals surface area (Å²) in [5.41, 5.74) is 7.75. The molecule has 0 aliphatic carbocycles. The Bertz CT molecular complexity index is 492. The van der Waals surface area contributed by atoms with Gasteiger partial charge in [0.15, 0.2) is 0 Å². The number of ether oxygens (including phenoxy) is 1. The summed E-state index contributed by atoms with van der Waals surface area (Å²) in [4.78, 5) is 14.6. The number of rotatable bonds is 5. The zero-order chi connectivity index (χ0) is 15.4. The third-order valence-corrected chi connectivity index (χ3v) is 4.23. The van der Waals surface area contributed by atoms with E-state index in [1.807, 2.05) is 18.9 Å². The molecular formula is C15H26N4O2. The number of amides is 1. The first-order valence-electron chi connectivity index (χ1n) is 7.63. The molecule has 2 N–H and O–H groups in total. The third-order valence-electron chi connectivity index (χ3n) is 4.23. The second kappa shape index (κ2) is 6.93. The first kappa shape index (κ1) is 15.8. The molecule has 6 heteroatoms. The van der Waals surface area contributed by atoms with Crippen LogP contribution >= 0.6 is 0 Å². The van der Waals surface area contributed by atoms with Crippen molar-refractivity contribution in [2.24, 2.45) is 18.7 Å². The van der Waals surface area contributed by atoms with Gasteiger partial charge in [-0.1, -0.05) is 0 Å². The number of hydrogen-bond donors (Lipinski definition) is 1. The molecule has 1 unspecified atom stereocenters. The zero-order valence-corrected chi connectivity index (χ0v) is 13.3. The lowest BCUT2D eigenvalue weighted by atomic mass is 9.97. The van der Waals surface area contributed by atoms with Crippen molar-refractivity contribution < 1.29 is 9.53 Å². The van der Waals surface area contributed by atoms with Crippen LogP contribution in [0.5, 0.6) is 5.88 Å². The Hall–Kier alpha value is -1.56. The number of likely N-dealkylation sites (tertiary alicyclic amines) is 1. The number of methoxy groups -OCH3 is 1. The van der Waals surface area contributed by atoms with Gasteiger partial charge in [0.1, 0.15) is 0 Å². The number of hydrogen-bond acceptors (Lipinski definition) is 4. The number of carbonyl (C=O) groups excluding carboxylic acids is 1. The van der Waals surface area contributed by atoms with Crippen molar-refractivity contribution in [1.82, 2.24) is 14.7 Å². The minimum atomic E-state index is -0.195. The van der Waals surface area contributed by atoms with Gasteiger partial charge in [-0.15, -0.1) is 0 Å². The van der Waals surface area contributed by atoms with Gasteiger partial charge in [0.2, 0.25) is 11.8 Å². The molecule has 2 heterocycles. The molecule has 1 saturated heterocycles. The molecule has 1 aromatic heterocycles. The van der Waals surface area contributed by atoms with E-state index in [-0.39, 0.29) is 11.8 Å². The van der Waals surface area contributed by atoms with E-state index >= 15 is 0 Å². The minimum absolute atomic E-state index is 0.169. The molecule has 0 bridgehead atoms. The summed E-state index contributed by atoms with van der Waals surface area (Å²) in [6.45, 7) is 4.01. The zero-order valence-electron chi connectivity index (χ0n) is 13.3. The van der Waals surface area contributed by atoms with Gasteiger partial charge in [-0.2, -0.15) is 5.10 Å². The molecular weight excluding hydrogens is 268 g/mol. The van der Waals surface area contributed by atoms with Crippen LogP contribution in [-0.2, 0) is 18.3 Å². The SMILES string of the molecule is COc1c(CC(CN)C(=O)N2CCCCC2)c(C)nn1C. The highest BCUT2D eigenvalue weighted by atomic mass is 16.5. The monoisotopic (exact) mass is 294 g/mol. The highest BCUT2D eigenvalue weighted by Crippen LogP contribution is 2.25. The predicted octanol–water partition coefficient (Wildman–Crippen LogP) is 0.867. The molecule has 2 rings (SSSR count). The molecule has 1 atom stereocenters. The average molecular weight is 294 g/mol. The van der Waals surface area contributed by atoms with Crippen molar-refractivity contribution >= 4 is 5.91 Å². The molecule has 0 saturated carbocycles. The van der Waals surface area contributed by atoms with Crippen molar-refractivity contribution in [2.45, 2.75) is 32.6 Å². The van der Waals surface area contributed by atoms with Gasteiger partial charge in [-0.3, -0.25) is 4.79 Å². The molecule has 1 aliphatic heterocycles. The van der Waals surface area contributed by atoms with E-state index in [9.17, 15) is 4.79 Å². The molecule has 1 fully saturated rings. The molecule has 21 heavy (non-hydrogen) atoms. The van der Waals surface area contributed by atoms with Crippen LogP contribution in [0.25, 0.3) is 0 Å². The fourth-order valence-corrected chi connectivity index (χ4v) is 3.06. The first-order chi connectivity index (χ1) is 10.1. The van der Waals surface area contributed by atoms with E-state index in [2.05, 4.69) is 5.10 Å². The van der Waals surface area contributed by atoms with E-state index in [0.29, 0.717) is 13.0 Å². The number of nitrogens with zero attached hydrogens (tertiary/aromatic N) is 3. The van der Waals surface area contributed by atoms with Gasteiger partial charge in [0.25, 0.3) is 0 Å². The van der Waals surface area contributed by atoms with E-state index in [1.165, 1.54) is 6.42 Å². The summed E-state index contributed by atoms with van der Waals surface area (Å²) < 4.78 is 7.11. The Labute approximate surface area is 126 Å². The molecule has 6 nitrogen and oxygen atoms in total. The van der Waals surface area contributed by atoms with Gasteiger partial charge in [0, 0.05) is 32.2 Å². The van der Waals surface area contributed by atoms with Crippen LogP contribution < -0.4 is 10.5 Å². The minimum Gasteiger partial charge on any atom is -0.481 e. The second-order valence-electron chi connectivity index (χ2n) is 5.72. The van der Waals surface area contributed by atoms with Crippen LogP contribution in [0, 0.1) is 12.8 Å². The number of nitrogens with two attached hydrogens (primary N) is 1. The van der Waals surface area contributed by atoms with Crippen molar-refractivity contribution in [3.8, 4) is 5.88 Å². The highest BCUT2D eigenvalue weighted by Gasteiger charge is 2.27. The van der Waals surface area contributed by atoms with Gasteiger partial charge >= 0.3 is 0 Å². The van der Waals surface area contributed by atoms with Crippen molar-refractivity contribution in [1.29, 1.82) is 0 Å². The molecule has 1 aromatic rings. The number of aromatic nitrogens is 2. The summed E-state index contributed by atoms with van der Waals surface area (Å²) in [5, 5.41) is 4.37. The van der Waals surface area contributed by atoms with Gasteiger partial charge < -0.3 is 15.4 Å². The normalized spacial score (nSPS) is 16.9. The van der Waals surface area contributed by atoms with Crippen LogP contribution in [-0.4, -0.2) is 47.3 Å². The van der Waals surface area contributed by atoms with Crippen LogP contribution in [0.2, 0.25) is 0 Å². The lowest BCUT2D eigenvalue weighted by molar-refractivity contribution is -0.136. The maximum absolute atomic E-state index is 12.6. The Morgan fingerprint density at radius 1 is 1.38 bits per heavy atom. The first-order valence-corrected chi connectivity index (χ1v) is 7.63. The van der Waals surface area contributed by atoms with E-state index in [1.54, 1.807) is 11.8 Å². The second-order valence-corrected chi connectivity index (χ2v) is 5.72. The largest absolute Gasteiger partial charge is 0.481 e. The molecule has 0 radical (unpaired) electrons. The topological polar surface area (TPSA) is 73.4 Å². The number of carbonyl (C=O) groups is 1. The van der Waals surface area contributed by atoms with Crippen molar-refractivity contribution in [3.63, 3.8) is 0 Å². The molecule has 118 valence electrons. The van der Waals surface area contributed by atoms with Crippen LogP contribution in [0.15, 0.2) is 0 Å². The van der Waals surface area contributed by atoms with E-state index < -0.39 is 0 Å². The lowest BCUT2D eigenvalue weighted by Crippen LogP contribution is -2.42. The van der Waals surface area contributed by atoms with Gasteiger partial charge in [-0.05, 0) is 32.6 Å². The predicted molar refractivity (Wildman–Crippen MR) is 81.2 cm³/mol. The Morgan fingerprint density at radius 3 is 2.62 bits per heavy atom. The quantitative estimate of drug-likeness (QED) is 0.874. The maximum Gasteiger partial charge on any atom is 0.227 e. The molecule has 0 spiro atoms. The van der Waals surface area contributed by atoms with Crippen LogP contribution in [0.3, 0.4) is 0 Å².